The SMILES string of the molecule is O=S(=O)(Nc1nc(C2CC2)cs1)c1cccnc1Cl. The fraction of sp³-hybridized carbons (Fsp3) is 0.273. The summed E-state index contributed by atoms with van der Waals surface area (Å²) in [4.78, 5) is 8.00. The standard InChI is InChI=1S/C11H10ClN3O2S2/c12-10-9(2-1-5-13-10)19(16,17)15-11-14-8(6-18-11)7-3-4-7/h1-2,5-7H,3-4H2,(H,14,15). The molecule has 8 heteroatoms. The van der Waals surface area contributed by atoms with Gasteiger partial charge in [-0.1, -0.05) is 11.6 Å². The van der Waals surface area contributed by atoms with E-state index in [2.05, 4.69) is 14.7 Å². The third-order valence-electron chi connectivity index (χ3n) is 2.75. The van der Waals surface area contributed by atoms with Crippen molar-refractivity contribution >= 4 is 38.1 Å². The molecule has 1 aliphatic rings. The number of hydrogen-bond donors (Lipinski definition) is 1. The van der Waals surface area contributed by atoms with Crippen LogP contribution in [0.5, 0.6) is 0 Å². The van der Waals surface area contributed by atoms with Crippen LogP contribution < -0.4 is 4.72 Å². The number of hydrogen-bond acceptors (Lipinski definition) is 5. The van der Waals surface area contributed by atoms with Crippen LogP contribution in [0, 0.1) is 0 Å². The fourth-order valence-electron chi connectivity index (χ4n) is 1.64. The van der Waals surface area contributed by atoms with E-state index in [0.29, 0.717) is 11.0 Å². The summed E-state index contributed by atoms with van der Waals surface area (Å²) in [7, 11) is -3.73. The Labute approximate surface area is 119 Å². The summed E-state index contributed by atoms with van der Waals surface area (Å²) in [5.74, 6) is 0.497. The summed E-state index contributed by atoms with van der Waals surface area (Å²) in [5.41, 5.74) is 0.958. The van der Waals surface area contributed by atoms with Gasteiger partial charge in [0.1, 0.15) is 10.0 Å². The monoisotopic (exact) mass is 315 g/mol. The average Bonchev–Trinajstić information content (AvgIpc) is 3.11. The smallest absolute Gasteiger partial charge is 0.255 e. The Bertz CT molecular complexity index is 710. The summed E-state index contributed by atoms with van der Waals surface area (Å²) in [5, 5.41) is 2.20. The third-order valence-corrected chi connectivity index (χ3v) is 5.44. The summed E-state index contributed by atoms with van der Waals surface area (Å²) in [6, 6.07) is 2.94. The van der Waals surface area contributed by atoms with Crippen LogP contribution in [0.1, 0.15) is 24.5 Å². The molecule has 0 atom stereocenters. The molecule has 5 nitrogen and oxygen atoms in total. The molecule has 0 radical (unpaired) electrons. The molecule has 19 heavy (non-hydrogen) atoms. The number of anilines is 1. The molecule has 0 aliphatic heterocycles. The number of rotatable bonds is 4. The lowest BCUT2D eigenvalue weighted by atomic mass is 10.3. The van der Waals surface area contributed by atoms with Crippen LogP contribution in [-0.4, -0.2) is 18.4 Å². The number of sulfonamides is 1. The van der Waals surface area contributed by atoms with Crippen molar-refractivity contribution in [3.63, 3.8) is 0 Å². The second kappa shape index (κ2) is 4.73. The lowest BCUT2D eigenvalue weighted by molar-refractivity contribution is 0.601. The highest BCUT2D eigenvalue weighted by molar-refractivity contribution is 7.93. The number of nitrogens with zero attached hydrogens (tertiary/aromatic N) is 2. The van der Waals surface area contributed by atoms with Crippen LogP contribution in [0.25, 0.3) is 0 Å². The molecular formula is C11H10ClN3O2S2. The van der Waals surface area contributed by atoms with Crippen LogP contribution in [0.4, 0.5) is 5.13 Å². The second-order valence-electron chi connectivity index (χ2n) is 4.25. The van der Waals surface area contributed by atoms with Gasteiger partial charge >= 0.3 is 0 Å². The van der Waals surface area contributed by atoms with Crippen molar-refractivity contribution in [3.8, 4) is 0 Å². The van der Waals surface area contributed by atoms with E-state index in [4.69, 9.17) is 11.6 Å². The first-order valence-electron chi connectivity index (χ1n) is 5.65. The number of halogens is 1. The molecular weight excluding hydrogens is 306 g/mol. The Kier molecular flexibility index (Phi) is 3.20. The van der Waals surface area contributed by atoms with Crippen molar-refractivity contribution in [1.82, 2.24) is 9.97 Å². The Morgan fingerprint density at radius 3 is 2.89 bits per heavy atom. The molecule has 2 heterocycles. The van der Waals surface area contributed by atoms with Crippen molar-refractivity contribution in [2.75, 3.05) is 4.72 Å². The zero-order valence-electron chi connectivity index (χ0n) is 9.71. The van der Waals surface area contributed by atoms with Gasteiger partial charge in [0.25, 0.3) is 10.0 Å². The van der Waals surface area contributed by atoms with Gasteiger partial charge < -0.3 is 0 Å². The number of nitrogens with one attached hydrogen (secondary N) is 1. The first kappa shape index (κ1) is 12.8. The molecule has 1 N–H and O–H groups in total. The topological polar surface area (TPSA) is 72.0 Å². The van der Waals surface area contributed by atoms with Crippen LogP contribution >= 0.6 is 22.9 Å². The molecule has 2 aromatic heterocycles. The molecule has 0 saturated heterocycles. The molecule has 0 unspecified atom stereocenters. The molecule has 1 aliphatic carbocycles. The van der Waals surface area contributed by atoms with Crippen molar-refractivity contribution in [2.24, 2.45) is 0 Å². The van der Waals surface area contributed by atoms with Gasteiger partial charge in [0, 0.05) is 17.5 Å². The summed E-state index contributed by atoms with van der Waals surface area (Å²) < 4.78 is 26.7. The molecule has 1 saturated carbocycles. The maximum atomic E-state index is 12.1. The highest BCUT2D eigenvalue weighted by atomic mass is 35.5. The van der Waals surface area contributed by atoms with Gasteiger partial charge in [0.15, 0.2) is 5.13 Å². The molecule has 0 spiro atoms. The molecule has 0 amide bonds. The van der Waals surface area contributed by atoms with Crippen molar-refractivity contribution in [2.45, 2.75) is 23.7 Å². The highest BCUT2D eigenvalue weighted by Gasteiger charge is 2.27. The predicted molar refractivity (Wildman–Crippen MR) is 74.1 cm³/mol. The van der Waals surface area contributed by atoms with Gasteiger partial charge in [-0.3, -0.25) is 4.72 Å². The van der Waals surface area contributed by atoms with Gasteiger partial charge in [-0.25, -0.2) is 18.4 Å². The summed E-state index contributed by atoms with van der Waals surface area (Å²) in [6.45, 7) is 0. The Balaban J connectivity index is 1.86. The lowest BCUT2D eigenvalue weighted by Crippen LogP contribution is -2.13. The van der Waals surface area contributed by atoms with E-state index in [9.17, 15) is 8.42 Å². The van der Waals surface area contributed by atoms with Crippen molar-refractivity contribution in [3.05, 3.63) is 34.6 Å². The minimum absolute atomic E-state index is 0.0418. The first-order chi connectivity index (χ1) is 9.06. The number of thiazole rings is 1. The second-order valence-corrected chi connectivity index (χ2v) is 7.12. The maximum absolute atomic E-state index is 12.1. The van der Waals surface area contributed by atoms with Crippen LogP contribution in [0.15, 0.2) is 28.6 Å². The highest BCUT2D eigenvalue weighted by Crippen LogP contribution is 2.41. The molecule has 100 valence electrons. The van der Waals surface area contributed by atoms with E-state index >= 15 is 0 Å². The minimum Gasteiger partial charge on any atom is -0.255 e. The van der Waals surface area contributed by atoms with E-state index in [1.807, 2.05) is 5.38 Å². The van der Waals surface area contributed by atoms with Crippen LogP contribution in [0.2, 0.25) is 5.15 Å². The fourth-order valence-corrected chi connectivity index (χ4v) is 4.14. The van der Waals surface area contributed by atoms with Crippen LogP contribution in [-0.2, 0) is 10.0 Å². The Morgan fingerprint density at radius 2 is 2.21 bits per heavy atom. The lowest BCUT2D eigenvalue weighted by Gasteiger charge is -2.05. The minimum atomic E-state index is -3.73. The first-order valence-corrected chi connectivity index (χ1v) is 8.39. The van der Waals surface area contributed by atoms with Crippen molar-refractivity contribution < 1.29 is 8.42 Å². The van der Waals surface area contributed by atoms with E-state index in [-0.39, 0.29) is 10.0 Å². The Hall–Kier alpha value is -1.18. The van der Waals surface area contributed by atoms with Gasteiger partial charge in [-0.05, 0) is 25.0 Å². The van der Waals surface area contributed by atoms with Crippen molar-refractivity contribution in [1.29, 1.82) is 0 Å². The molecule has 1 fully saturated rings. The normalized spacial score (nSPS) is 15.4. The summed E-state index contributed by atoms with van der Waals surface area (Å²) in [6.07, 6.45) is 3.70. The van der Waals surface area contributed by atoms with Gasteiger partial charge in [0.2, 0.25) is 0 Å². The summed E-state index contributed by atoms with van der Waals surface area (Å²) >= 11 is 7.07. The predicted octanol–water partition coefficient (Wildman–Crippen LogP) is 2.87. The maximum Gasteiger partial charge on any atom is 0.266 e. The largest absolute Gasteiger partial charge is 0.266 e. The molecule has 2 aromatic rings. The Morgan fingerprint density at radius 1 is 1.42 bits per heavy atom. The quantitative estimate of drug-likeness (QED) is 0.881. The molecule has 0 bridgehead atoms. The average molecular weight is 316 g/mol. The van der Waals surface area contributed by atoms with E-state index < -0.39 is 10.0 Å². The number of pyridine rings is 1. The van der Waals surface area contributed by atoms with Gasteiger partial charge in [0.05, 0.1) is 5.69 Å². The zero-order chi connectivity index (χ0) is 13.5. The molecule has 0 aromatic carbocycles. The third kappa shape index (κ3) is 2.72. The van der Waals surface area contributed by atoms with E-state index in [0.717, 1.165) is 18.5 Å². The number of aromatic nitrogens is 2. The zero-order valence-corrected chi connectivity index (χ0v) is 12.1. The van der Waals surface area contributed by atoms with E-state index in [1.165, 1.54) is 29.7 Å². The van der Waals surface area contributed by atoms with Gasteiger partial charge in [-0.2, -0.15) is 0 Å². The van der Waals surface area contributed by atoms with Gasteiger partial charge in [-0.15, -0.1) is 11.3 Å². The van der Waals surface area contributed by atoms with Crippen LogP contribution in [0.3, 0.4) is 0 Å². The molecule has 3 rings (SSSR count). The van der Waals surface area contributed by atoms with E-state index in [1.54, 1.807) is 0 Å².